The first-order valence-electron chi connectivity index (χ1n) is 5.99. The van der Waals surface area contributed by atoms with Crippen LogP contribution in [0.2, 0.25) is 0 Å². The van der Waals surface area contributed by atoms with Crippen molar-refractivity contribution in [2.24, 2.45) is 0 Å². The molecule has 1 N–H and O–H groups in total. The molecular formula is C14H18N2S. The third-order valence-electron chi connectivity index (χ3n) is 2.81. The van der Waals surface area contributed by atoms with Crippen molar-refractivity contribution < 1.29 is 0 Å². The summed E-state index contributed by atoms with van der Waals surface area (Å²) in [6, 6.07) is 11.0. The highest BCUT2D eigenvalue weighted by Crippen LogP contribution is 2.17. The van der Waals surface area contributed by atoms with Gasteiger partial charge < -0.3 is 5.32 Å². The van der Waals surface area contributed by atoms with Crippen molar-refractivity contribution in [1.29, 1.82) is 0 Å². The van der Waals surface area contributed by atoms with Crippen LogP contribution in [0.5, 0.6) is 0 Å². The Morgan fingerprint density at radius 1 is 1.29 bits per heavy atom. The van der Waals surface area contributed by atoms with E-state index in [9.17, 15) is 0 Å². The van der Waals surface area contributed by atoms with Crippen molar-refractivity contribution in [3.63, 3.8) is 0 Å². The lowest BCUT2D eigenvalue weighted by molar-refractivity contribution is 0.515. The van der Waals surface area contributed by atoms with Crippen molar-refractivity contribution in [2.75, 3.05) is 0 Å². The Hall–Kier alpha value is -1.19. The minimum Gasteiger partial charge on any atom is -0.304 e. The van der Waals surface area contributed by atoms with Crippen LogP contribution in [-0.4, -0.2) is 4.98 Å². The SMILES string of the molecule is CCC(NCc1csc(C)n1)c1ccccc1. The van der Waals surface area contributed by atoms with E-state index in [1.807, 2.05) is 6.92 Å². The first-order chi connectivity index (χ1) is 8.29. The van der Waals surface area contributed by atoms with Crippen LogP contribution in [0, 0.1) is 6.92 Å². The maximum Gasteiger partial charge on any atom is 0.0897 e. The predicted molar refractivity (Wildman–Crippen MR) is 73.2 cm³/mol. The summed E-state index contributed by atoms with van der Waals surface area (Å²) in [5.74, 6) is 0. The normalized spacial score (nSPS) is 12.6. The lowest BCUT2D eigenvalue weighted by Crippen LogP contribution is -2.20. The molecule has 0 saturated heterocycles. The van der Waals surface area contributed by atoms with E-state index in [2.05, 4.69) is 52.9 Å². The second-order valence-corrected chi connectivity index (χ2v) is 5.17. The molecule has 0 amide bonds. The smallest absolute Gasteiger partial charge is 0.0897 e. The summed E-state index contributed by atoms with van der Waals surface area (Å²) >= 11 is 1.71. The molecule has 1 aromatic carbocycles. The molecule has 2 nitrogen and oxygen atoms in total. The molecule has 3 heteroatoms. The molecule has 0 fully saturated rings. The number of thiazole rings is 1. The largest absolute Gasteiger partial charge is 0.304 e. The Bertz CT molecular complexity index is 450. The zero-order valence-corrected chi connectivity index (χ0v) is 11.1. The maximum atomic E-state index is 4.47. The van der Waals surface area contributed by atoms with Gasteiger partial charge in [0.05, 0.1) is 10.7 Å². The van der Waals surface area contributed by atoms with Gasteiger partial charge in [-0.25, -0.2) is 4.98 Å². The van der Waals surface area contributed by atoms with E-state index in [1.54, 1.807) is 11.3 Å². The van der Waals surface area contributed by atoms with Crippen molar-refractivity contribution in [3.8, 4) is 0 Å². The van der Waals surface area contributed by atoms with Crippen LogP contribution >= 0.6 is 11.3 Å². The lowest BCUT2D eigenvalue weighted by Gasteiger charge is -2.16. The predicted octanol–water partition coefficient (Wildman–Crippen LogP) is 3.69. The van der Waals surface area contributed by atoms with Crippen LogP contribution in [-0.2, 0) is 6.54 Å². The zero-order chi connectivity index (χ0) is 12.1. The summed E-state index contributed by atoms with van der Waals surface area (Å²) in [6.45, 7) is 5.09. The van der Waals surface area contributed by atoms with Crippen molar-refractivity contribution in [3.05, 3.63) is 52.0 Å². The van der Waals surface area contributed by atoms with Gasteiger partial charge in [0.15, 0.2) is 0 Å². The van der Waals surface area contributed by atoms with Crippen LogP contribution < -0.4 is 5.32 Å². The van der Waals surface area contributed by atoms with Gasteiger partial charge in [-0.2, -0.15) is 0 Å². The van der Waals surface area contributed by atoms with Crippen LogP contribution in [0.15, 0.2) is 35.7 Å². The topological polar surface area (TPSA) is 24.9 Å². The molecule has 1 heterocycles. The average molecular weight is 246 g/mol. The molecule has 0 aliphatic rings. The number of rotatable bonds is 5. The van der Waals surface area contributed by atoms with Crippen molar-refractivity contribution >= 4 is 11.3 Å². The van der Waals surface area contributed by atoms with Crippen molar-refractivity contribution in [2.45, 2.75) is 32.9 Å². The zero-order valence-electron chi connectivity index (χ0n) is 10.3. The highest BCUT2D eigenvalue weighted by molar-refractivity contribution is 7.09. The molecule has 90 valence electrons. The monoisotopic (exact) mass is 246 g/mol. The van der Waals surface area contributed by atoms with Gasteiger partial charge in [0.1, 0.15) is 0 Å². The number of aromatic nitrogens is 1. The lowest BCUT2D eigenvalue weighted by atomic mass is 10.0. The summed E-state index contributed by atoms with van der Waals surface area (Å²) in [5.41, 5.74) is 2.49. The Labute approximate surface area is 107 Å². The fraction of sp³-hybridized carbons (Fsp3) is 0.357. The van der Waals surface area contributed by atoms with E-state index in [1.165, 1.54) is 5.56 Å². The van der Waals surface area contributed by atoms with E-state index < -0.39 is 0 Å². The standard InChI is InChI=1S/C14H18N2S/c1-3-14(12-7-5-4-6-8-12)15-9-13-10-17-11(2)16-13/h4-8,10,14-15H,3,9H2,1-2H3. The molecule has 17 heavy (non-hydrogen) atoms. The molecule has 2 aromatic rings. The van der Waals surface area contributed by atoms with Gasteiger partial charge >= 0.3 is 0 Å². The molecule has 0 aliphatic heterocycles. The molecule has 1 unspecified atom stereocenters. The molecule has 0 aliphatic carbocycles. The molecule has 0 radical (unpaired) electrons. The van der Waals surface area contributed by atoms with Crippen LogP contribution in [0.25, 0.3) is 0 Å². The first-order valence-corrected chi connectivity index (χ1v) is 6.87. The number of hydrogen-bond donors (Lipinski definition) is 1. The summed E-state index contributed by atoms with van der Waals surface area (Å²) < 4.78 is 0. The summed E-state index contributed by atoms with van der Waals surface area (Å²) in [7, 11) is 0. The van der Waals surface area contributed by atoms with Gasteiger partial charge in [0, 0.05) is 18.0 Å². The van der Waals surface area contributed by atoms with E-state index >= 15 is 0 Å². The van der Waals surface area contributed by atoms with E-state index in [0.29, 0.717) is 6.04 Å². The van der Waals surface area contributed by atoms with Gasteiger partial charge in [0.25, 0.3) is 0 Å². The summed E-state index contributed by atoms with van der Waals surface area (Å²) in [6.07, 6.45) is 1.09. The number of nitrogens with zero attached hydrogens (tertiary/aromatic N) is 1. The highest BCUT2D eigenvalue weighted by Gasteiger charge is 2.08. The maximum absolute atomic E-state index is 4.47. The first kappa shape index (κ1) is 12.3. The number of benzene rings is 1. The third kappa shape index (κ3) is 3.38. The Morgan fingerprint density at radius 3 is 2.65 bits per heavy atom. The fourth-order valence-electron chi connectivity index (χ4n) is 1.90. The second kappa shape index (κ2) is 5.94. The summed E-state index contributed by atoms with van der Waals surface area (Å²) in [5, 5.41) is 6.82. The third-order valence-corrected chi connectivity index (χ3v) is 3.63. The van der Waals surface area contributed by atoms with Crippen molar-refractivity contribution in [1.82, 2.24) is 10.3 Å². The molecule has 0 saturated carbocycles. The van der Waals surface area contributed by atoms with Gasteiger partial charge in [-0.05, 0) is 18.9 Å². The number of nitrogens with one attached hydrogen (secondary N) is 1. The molecule has 0 bridgehead atoms. The van der Waals surface area contributed by atoms with Crippen LogP contribution in [0.1, 0.15) is 35.7 Å². The van der Waals surface area contributed by atoms with Gasteiger partial charge in [-0.15, -0.1) is 11.3 Å². The molecule has 1 atom stereocenters. The Balaban J connectivity index is 1.97. The molecule has 1 aromatic heterocycles. The van der Waals surface area contributed by atoms with E-state index in [4.69, 9.17) is 0 Å². The van der Waals surface area contributed by atoms with Crippen LogP contribution in [0.4, 0.5) is 0 Å². The Morgan fingerprint density at radius 2 is 2.06 bits per heavy atom. The number of aryl methyl sites for hydroxylation is 1. The van der Waals surface area contributed by atoms with Crippen LogP contribution in [0.3, 0.4) is 0 Å². The molecule has 0 spiro atoms. The van der Waals surface area contributed by atoms with Gasteiger partial charge in [-0.1, -0.05) is 37.3 Å². The average Bonchev–Trinajstić information content (AvgIpc) is 2.77. The summed E-state index contributed by atoms with van der Waals surface area (Å²) in [4.78, 5) is 4.47. The van der Waals surface area contributed by atoms with E-state index in [0.717, 1.165) is 23.7 Å². The van der Waals surface area contributed by atoms with Gasteiger partial charge in [0.2, 0.25) is 0 Å². The van der Waals surface area contributed by atoms with E-state index in [-0.39, 0.29) is 0 Å². The minimum atomic E-state index is 0.415. The highest BCUT2D eigenvalue weighted by atomic mass is 32.1. The molecular weight excluding hydrogens is 228 g/mol. The quantitative estimate of drug-likeness (QED) is 0.870. The Kier molecular flexibility index (Phi) is 4.29. The second-order valence-electron chi connectivity index (χ2n) is 4.11. The van der Waals surface area contributed by atoms with Gasteiger partial charge in [-0.3, -0.25) is 0 Å². The fourth-order valence-corrected chi connectivity index (χ4v) is 2.51. The molecule has 2 rings (SSSR count). The number of hydrogen-bond acceptors (Lipinski definition) is 3. The minimum absolute atomic E-state index is 0.415.